The van der Waals surface area contributed by atoms with Crippen LogP contribution in [-0.2, 0) is 4.79 Å². The summed E-state index contributed by atoms with van der Waals surface area (Å²) in [6.45, 7) is 5.08. The molecule has 0 aliphatic carbocycles. The zero-order chi connectivity index (χ0) is 22.5. The molecular formula is C26H26Br2N2O2. The van der Waals surface area contributed by atoms with Crippen LogP contribution < -0.4 is 4.74 Å². The van der Waals surface area contributed by atoms with Crippen LogP contribution in [0.1, 0.15) is 22.7 Å². The number of halogens is 2. The van der Waals surface area contributed by atoms with Gasteiger partial charge < -0.3 is 9.64 Å². The van der Waals surface area contributed by atoms with Gasteiger partial charge in [0, 0.05) is 35.1 Å². The summed E-state index contributed by atoms with van der Waals surface area (Å²) in [5.74, 6) is 0.807. The molecule has 3 aromatic rings. The molecule has 0 bridgehead atoms. The van der Waals surface area contributed by atoms with Crippen molar-refractivity contribution in [1.82, 2.24) is 9.80 Å². The number of benzene rings is 3. The molecule has 1 aliphatic rings. The number of hydrogen-bond acceptors (Lipinski definition) is 3. The summed E-state index contributed by atoms with van der Waals surface area (Å²) in [4.78, 5) is 17.1. The van der Waals surface area contributed by atoms with Crippen molar-refractivity contribution in [3.05, 3.63) is 98.4 Å². The molecule has 1 heterocycles. The summed E-state index contributed by atoms with van der Waals surface area (Å²) in [6.07, 6.45) is 0. The lowest BCUT2D eigenvalue weighted by Crippen LogP contribution is -2.51. The van der Waals surface area contributed by atoms with Crippen LogP contribution in [0.25, 0.3) is 0 Å². The molecule has 1 amide bonds. The van der Waals surface area contributed by atoms with Gasteiger partial charge in [-0.05, 0) is 53.9 Å². The first-order valence-corrected chi connectivity index (χ1v) is 12.3. The molecular weight excluding hydrogens is 532 g/mol. The van der Waals surface area contributed by atoms with Gasteiger partial charge in [0.2, 0.25) is 0 Å². The Morgan fingerprint density at radius 1 is 0.844 bits per heavy atom. The molecule has 4 nitrogen and oxygen atoms in total. The third-order valence-corrected chi connectivity index (χ3v) is 6.91. The molecule has 4 rings (SSSR count). The molecule has 0 atom stereocenters. The number of piperazine rings is 1. The number of rotatable bonds is 6. The van der Waals surface area contributed by atoms with Crippen LogP contribution in [0, 0.1) is 6.92 Å². The van der Waals surface area contributed by atoms with Gasteiger partial charge in [-0.2, -0.15) is 0 Å². The van der Waals surface area contributed by atoms with Crippen LogP contribution in [0.3, 0.4) is 0 Å². The van der Waals surface area contributed by atoms with Gasteiger partial charge in [-0.15, -0.1) is 0 Å². The predicted molar refractivity (Wildman–Crippen MR) is 135 cm³/mol. The summed E-state index contributed by atoms with van der Waals surface area (Å²) in [5.41, 5.74) is 3.54. The summed E-state index contributed by atoms with van der Waals surface area (Å²) in [7, 11) is 0. The van der Waals surface area contributed by atoms with E-state index in [0.29, 0.717) is 13.1 Å². The second-order valence-electron chi connectivity index (χ2n) is 7.98. The molecule has 32 heavy (non-hydrogen) atoms. The normalized spacial score (nSPS) is 14.6. The van der Waals surface area contributed by atoms with Crippen LogP contribution in [0.4, 0.5) is 0 Å². The molecule has 1 saturated heterocycles. The Morgan fingerprint density at radius 2 is 1.38 bits per heavy atom. The maximum absolute atomic E-state index is 12.7. The Labute approximate surface area is 206 Å². The molecule has 3 aromatic carbocycles. The van der Waals surface area contributed by atoms with E-state index in [1.807, 2.05) is 36.1 Å². The molecule has 166 valence electrons. The molecule has 0 spiro atoms. The molecule has 1 fully saturated rings. The number of ether oxygens (including phenoxy) is 1. The molecule has 0 unspecified atom stereocenters. The number of carbonyl (C=O) groups is 1. The number of carbonyl (C=O) groups excluding carboxylic acids is 1. The van der Waals surface area contributed by atoms with Gasteiger partial charge in [-0.1, -0.05) is 74.3 Å². The number of para-hydroxylation sites is 1. The lowest BCUT2D eigenvalue weighted by molar-refractivity contribution is -0.135. The van der Waals surface area contributed by atoms with Crippen molar-refractivity contribution in [1.29, 1.82) is 0 Å². The summed E-state index contributed by atoms with van der Waals surface area (Å²) >= 11 is 7.08. The van der Waals surface area contributed by atoms with E-state index in [1.165, 1.54) is 11.1 Å². The van der Waals surface area contributed by atoms with E-state index in [9.17, 15) is 4.79 Å². The van der Waals surface area contributed by atoms with Gasteiger partial charge in [-0.3, -0.25) is 9.69 Å². The molecule has 0 radical (unpaired) electrons. The van der Waals surface area contributed by atoms with Gasteiger partial charge in [-0.25, -0.2) is 0 Å². The van der Waals surface area contributed by atoms with E-state index in [4.69, 9.17) is 4.74 Å². The Hall–Kier alpha value is -2.15. The summed E-state index contributed by atoms with van der Waals surface area (Å²) in [6, 6.07) is 25.0. The fourth-order valence-electron chi connectivity index (χ4n) is 4.08. The first-order chi connectivity index (χ1) is 15.5. The average Bonchev–Trinajstić information content (AvgIpc) is 2.81. The lowest BCUT2D eigenvalue weighted by atomic mass is 9.96. The minimum absolute atomic E-state index is 0.0386. The predicted octanol–water partition coefficient (Wildman–Crippen LogP) is 5.83. The molecule has 1 aliphatic heterocycles. The topological polar surface area (TPSA) is 32.8 Å². The highest BCUT2D eigenvalue weighted by molar-refractivity contribution is 9.10. The smallest absolute Gasteiger partial charge is 0.260 e. The minimum Gasteiger partial charge on any atom is -0.484 e. The van der Waals surface area contributed by atoms with Crippen LogP contribution in [0.15, 0.2) is 81.7 Å². The number of hydrogen-bond donors (Lipinski definition) is 0. The van der Waals surface area contributed by atoms with Crippen molar-refractivity contribution in [3.8, 4) is 5.75 Å². The Morgan fingerprint density at radius 3 is 1.91 bits per heavy atom. The van der Waals surface area contributed by atoms with Crippen molar-refractivity contribution in [2.24, 2.45) is 0 Å². The minimum atomic E-state index is 0.0386. The van der Waals surface area contributed by atoms with Crippen LogP contribution >= 0.6 is 31.9 Å². The second kappa shape index (κ2) is 10.6. The van der Waals surface area contributed by atoms with Crippen molar-refractivity contribution in [2.75, 3.05) is 32.8 Å². The van der Waals surface area contributed by atoms with Crippen LogP contribution in [0.5, 0.6) is 5.75 Å². The van der Waals surface area contributed by atoms with Gasteiger partial charge in [0.1, 0.15) is 5.75 Å². The maximum Gasteiger partial charge on any atom is 0.260 e. The van der Waals surface area contributed by atoms with E-state index >= 15 is 0 Å². The van der Waals surface area contributed by atoms with Crippen molar-refractivity contribution < 1.29 is 9.53 Å². The van der Waals surface area contributed by atoms with Crippen LogP contribution in [0.2, 0.25) is 0 Å². The van der Waals surface area contributed by atoms with Crippen LogP contribution in [-0.4, -0.2) is 48.5 Å². The standard InChI is InChI=1S/C26H26Br2N2O2/c1-19-4-2-3-5-24(19)32-18-25(31)29-14-16-30(17-15-29)26(20-6-10-22(27)11-7-20)21-8-12-23(28)13-9-21/h2-13,26H,14-18H2,1H3. The molecule has 0 N–H and O–H groups in total. The highest BCUT2D eigenvalue weighted by atomic mass is 79.9. The first kappa shape index (κ1) is 23.0. The zero-order valence-corrected chi connectivity index (χ0v) is 21.2. The third-order valence-electron chi connectivity index (χ3n) is 5.85. The SMILES string of the molecule is Cc1ccccc1OCC(=O)N1CCN(C(c2ccc(Br)cc2)c2ccc(Br)cc2)CC1. The first-order valence-electron chi connectivity index (χ1n) is 10.7. The van der Waals surface area contributed by atoms with E-state index < -0.39 is 0 Å². The highest BCUT2D eigenvalue weighted by Crippen LogP contribution is 2.31. The van der Waals surface area contributed by atoms with E-state index in [2.05, 4.69) is 85.3 Å². The fraction of sp³-hybridized carbons (Fsp3) is 0.269. The average molecular weight is 558 g/mol. The Bertz CT molecular complexity index is 1000. The van der Waals surface area contributed by atoms with Crippen molar-refractivity contribution >= 4 is 37.8 Å². The lowest BCUT2D eigenvalue weighted by Gasteiger charge is -2.39. The fourth-order valence-corrected chi connectivity index (χ4v) is 4.61. The highest BCUT2D eigenvalue weighted by Gasteiger charge is 2.28. The molecule has 0 saturated carbocycles. The van der Waals surface area contributed by atoms with Gasteiger partial charge in [0.25, 0.3) is 5.91 Å². The molecule has 6 heteroatoms. The van der Waals surface area contributed by atoms with Gasteiger partial charge in [0.05, 0.1) is 6.04 Å². The summed E-state index contributed by atoms with van der Waals surface area (Å²) in [5, 5.41) is 0. The Kier molecular flexibility index (Phi) is 7.66. The number of amides is 1. The number of aryl methyl sites for hydroxylation is 1. The van der Waals surface area contributed by atoms with Gasteiger partial charge in [0.15, 0.2) is 6.61 Å². The molecule has 0 aromatic heterocycles. The second-order valence-corrected chi connectivity index (χ2v) is 9.81. The monoisotopic (exact) mass is 556 g/mol. The van der Waals surface area contributed by atoms with E-state index in [1.54, 1.807) is 0 Å². The maximum atomic E-state index is 12.7. The van der Waals surface area contributed by atoms with Crippen molar-refractivity contribution in [2.45, 2.75) is 13.0 Å². The third kappa shape index (κ3) is 5.61. The van der Waals surface area contributed by atoms with Crippen molar-refractivity contribution in [3.63, 3.8) is 0 Å². The zero-order valence-electron chi connectivity index (χ0n) is 18.0. The van der Waals surface area contributed by atoms with Gasteiger partial charge >= 0.3 is 0 Å². The largest absolute Gasteiger partial charge is 0.484 e. The quantitative estimate of drug-likeness (QED) is 0.382. The Balaban J connectivity index is 1.43. The summed E-state index contributed by atoms with van der Waals surface area (Å²) < 4.78 is 7.91. The van der Waals surface area contributed by atoms with E-state index in [0.717, 1.165) is 33.3 Å². The van der Waals surface area contributed by atoms with E-state index in [-0.39, 0.29) is 18.6 Å². The number of nitrogens with zero attached hydrogens (tertiary/aromatic N) is 2.